The first-order valence-corrected chi connectivity index (χ1v) is 13.4. The summed E-state index contributed by atoms with van der Waals surface area (Å²) in [6, 6.07) is 11.6. The number of aryl methyl sites for hydroxylation is 2. The van der Waals surface area contributed by atoms with Crippen molar-refractivity contribution in [1.29, 1.82) is 0 Å². The van der Waals surface area contributed by atoms with Crippen LogP contribution in [0.4, 0.5) is 17.1 Å². The number of benzene rings is 2. The molecule has 2 heterocycles. The number of rotatable bonds is 6. The van der Waals surface area contributed by atoms with Gasteiger partial charge in [-0.1, -0.05) is 18.2 Å². The fourth-order valence-corrected chi connectivity index (χ4v) is 7.53. The summed E-state index contributed by atoms with van der Waals surface area (Å²) in [5.74, 6) is 0. The molecule has 9 nitrogen and oxygen atoms in total. The van der Waals surface area contributed by atoms with Gasteiger partial charge in [-0.2, -0.15) is 0 Å². The zero-order valence-electron chi connectivity index (χ0n) is 16.9. The zero-order valence-corrected chi connectivity index (χ0v) is 19.3. The van der Waals surface area contributed by atoms with Crippen molar-refractivity contribution in [3.63, 3.8) is 0 Å². The molecule has 0 aliphatic carbocycles. The second kappa shape index (κ2) is 8.19. The third-order valence-electron chi connectivity index (χ3n) is 5.13. The van der Waals surface area contributed by atoms with Gasteiger partial charge in [-0.05, 0) is 54.5 Å². The molecule has 1 aliphatic heterocycles. The van der Waals surface area contributed by atoms with Gasteiger partial charge in [-0.15, -0.1) is 11.3 Å². The number of nitro benzene ring substituents is 1. The average Bonchev–Trinajstić information content (AvgIpc) is 3.29. The lowest BCUT2D eigenvalue weighted by Crippen LogP contribution is -2.35. The average molecular weight is 494 g/mol. The Morgan fingerprint density at radius 3 is 2.56 bits per heavy atom. The summed E-state index contributed by atoms with van der Waals surface area (Å²) in [5, 5.41) is 12.8. The second-order valence-corrected chi connectivity index (χ2v) is 12.0. The van der Waals surface area contributed by atoms with E-state index in [1.807, 2.05) is 0 Å². The Bertz CT molecular complexity index is 1400. The maximum Gasteiger partial charge on any atom is 0.273 e. The molecule has 1 aromatic heterocycles. The van der Waals surface area contributed by atoms with Crippen LogP contribution in [0.3, 0.4) is 0 Å². The number of anilines is 2. The van der Waals surface area contributed by atoms with Gasteiger partial charge in [-0.25, -0.2) is 16.8 Å². The number of nitrogens with zero attached hydrogens (tertiary/aromatic N) is 2. The molecular formula is C20H19N3O6S3. The molecule has 168 valence electrons. The van der Waals surface area contributed by atoms with Crippen LogP contribution in [0.25, 0.3) is 0 Å². The quantitative estimate of drug-likeness (QED) is 0.410. The maximum absolute atomic E-state index is 13.1. The summed E-state index contributed by atoms with van der Waals surface area (Å²) in [7, 11) is -7.91. The Hall–Kier alpha value is -2.96. The minimum atomic E-state index is -4.14. The Labute approximate surface area is 189 Å². The van der Waals surface area contributed by atoms with E-state index in [0.717, 1.165) is 23.0 Å². The van der Waals surface area contributed by atoms with Gasteiger partial charge in [-0.3, -0.25) is 19.1 Å². The highest BCUT2D eigenvalue weighted by Crippen LogP contribution is 2.36. The molecule has 12 heteroatoms. The van der Waals surface area contributed by atoms with Crippen LogP contribution in [-0.4, -0.2) is 28.3 Å². The first-order valence-electron chi connectivity index (χ1n) is 9.56. The molecule has 0 fully saturated rings. The Morgan fingerprint density at radius 1 is 1.09 bits per heavy atom. The summed E-state index contributed by atoms with van der Waals surface area (Å²) in [4.78, 5) is 10.2. The summed E-state index contributed by atoms with van der Waals surface area (Å²) >= 11 is 1.12. The number of nitrogens with one attached hydrogen (secondary N) is 1. The highest BCUT2D eigenvalue weighted by atomic mass is 32.2. The van der Waals surface area contributed by atoms with Crippen molar-refractivity contribution >= 4 is 48.4 Å². The first-order chi connectivity index (χ1) is 15.1. The van der Waals surface area contributed by atoms with Gasteiger partial charge in [0.1, 0.15) is 4.21 Å². The van der Waals surface area contributed by atoms with E-state index < -0.39 is 25.0 Å². The highest BCUT2D eigenvalue weighted by Gasteiger charge is 2.30. The molecule has 0 saturated heterocycles. The summed E-state index contributed by atoms with van der Waals surface area (Å²) in [6.45, 7) is 1.83. The lowest BCUT2D eigenvalue weighted by Gasteiger charge is -2.30. The fourth-order valence-electron chi connectivity index (χ4n) is 3.57. The van der Waals surface area contributed by atoms with Crippen molar-refractivity contribution in [3.8, 4) is 0 Å². The van der Waals surface area contributed by atoms with Crippen LogP contribution in [0.15, 0.2) is 63.0 Å². The van der Waals surface area contributed by atoms with Crippen LogP contribution in [0.2, 0.25) is 0 Å². The Kier molecular flexibility index (Phi) is 5.69. The van der Waals surface area contributed by atoms with Gasteiger partial charge in [0.25, 0.3) is 25.7 Å². The summed E-state index contributed by atoms with van der Waals surface area (Å²) < 4.78 is 56.1. The second-order valence-electron chi connectivity index (χ2n) is 7.27. The third-order valence-corrected chi connectivity index (χ3v) is 9.83. The molecule has 0 bridgehead atoms. The zero-order chi connectivity index (χ0) is 23.1. The number of fused-ring (bicyclic) bond motifs is 1. The van der Waals surface area contributed by atoms with E-state index in [2.05, 4.69) is 4.72 Å². The molecule has 4 rings (SSSR count). The van der Waals surface area contributed by atoms with Crippen LogP contribution < -0.4 is 9.03 Å². The molecule has 1 aliphatic rings. The lowest BCUT2D eigenvalue weighted by molar-refractivity contribution is -0.385. The van der Waals surface area contributed by atoms with Crippen LogP contribution in [0.5, 0.6) is 0 Å². The van der Waals surface area contributed by atoms with E-state index in [1.165, 1.54) is 28.6 Å². The Balaban J connectivity index is 1.72. The van der Waals surface area contributed by atoms with E-state index >= 15 is 0 Å². The van der Waals surface area contributed by atoms with Crippen LogP contribution >= 0.6 is 11.3 Å². The molecule has 0 spiro atoms. The van der Waals surface area contributed by atoms with Crippen molar-refractivity contribution in [2.75, 3.05) is 15.6 Å². The number of hydrogen-bond acceptors (Lipinski definition) is 7. The van der Waals surface area contributed by atoms with E-state index in [1.54, 1.807) is 30.5 Å². The molecule has 0 radical (unpaired) electrons. The third kappa shape index (κ3) is 4.08. The van der Waals surface area contributed by atoms with Crippen molar-refractivity contribution in [2.45, 2.75) is 28.9 Å². The maximum atomic E-state index is 13.1. The van der Waals surface area contributed by atoms with Gasteiger partial charge in [0.05, 0.1) is 21.2 Å². The molecule has 2 aromatic carbocycles. The van der Waals surface area contributed by atoms with E-state index in [9.17, 15) is 26.9 Å². The number of non-ortho nitro benzene ring substituents is 1. The standard InChI is InChI=1S/C20H19N3O6S3/c1-14-6-9-17(23(24)25)13-19(14)31(26,27)21-16-8-7-15-4-2-10-22(18(15)12-16)32(28,29)20-5-3-11-30-20/h3,5-9,11-13,21H,2,4,10H2,1H3. The van der Waals surface area contributed by atoms with Gasteiger partial charge in [0.15, 0.2) is 0 Å². The Morgan fingerprint density at radius 2 is 1.88 bits per heavy atom. The van der Waals surface area contributed by atoms with Gasteiger partial charge < -0.3 is 0 Å². The van der Waals surface area contributed by atoms with Crippen LogP contribution in [0.1, 0.15) is 17.5 Å². The van der Waals surface area contributed by atoms with E-state index in [-0.39, 0.29) is 27.0 Å². The van der Waals surface area contributed by atoms with Crippen molar-refractivity contribution in [1.82, 2.24) is 0 Å². The largest absolute Gasteiger partial charge is 0.280 e. The van der Waals surface area contributed by atoms with Crippen LogP contribution in [0, 0.1) is 17.0 Å². The monoisotopic (exact) mass is 493 g/mol. The lowest BCUT2D eigenvalue weighted by atomic mass is 10.0. The SMILES string of the molecule is Cc1ccc([N+](=O)[O-])cc1S(=O)(=O)Nc1ccc2c(c1)N(S(=O)(=O)c1cccs1)CCC2. The van der Waals surface area contributed by atoms with Crippen LogP contribution in [-0.2, 0) is 26.5 Å². The molecular weight excluding hydrogens is 474 g/mol. The predicted octanol–water partition coefficient (Wildman–Crippen LogP) is 3.91. The first kappa shape index (κ1) is 22.2. The van der Waals surface area contributed by atoms with Gasteiger partial charge in [0.2, 0.25) is 0 Å². The highest BCUT2D eigenvalue weighted by molar-refractivity contribution is 7.94. The molecule has 32 heavy (non-hydrogen) atoms. The number of sulfonamides is 2. The molecule has 0 atom stereocenters. The van der Waals surface area contributed by atoms with E-state index in [0.29, 0.717) is 24.1 Å². The topological polar surface area (TPSA) is 127 Å². The van der Waals surface area contributed by atoms with Gasteiger partial charge in [0, 0.05) is 18.7 Å². The van der Waals surface area contributed by atoms with E-state index in [4.69, 9.17) is 0 Å². The number of hydrogen-bond donors (Lipinski definition) is 1. The molecule has 0 amide bonds. The smallest absolute Gasteiger partial charge is 0.273 e. The number of thiophene rings is 1. The molecule has 0 saturated carbocycles. The van der Waals surface area contributed by atoms with Crippen molar-refractivity contribution < 1.29 is 21.8 Å². The summed E-state index contributed by atoms with van der Waals surface area (Å²) in [5.41, 5.74) is 1.40. The summed E-state index contributed by atoms with van der Waals surface area (Å²) in [6.07, 6.45) is 1.32. The normalized spacial score (nSPS) is 14.1. The molecule has 0 unspecified atom stereocenters. The minimum absolute atomic E-state index is 0.169. The predicted molar refractivity (Wildman–Crippen MR) is 122 cm³/mol. The molecule has 3 aromatic rings. The number of nitro groups is 1. The van der Waals surface area contributed by atoms with Gasteiger partial charge >= 0.3 is 0 Å². The fraction of sp³-hybridized carbons (Fsp3) is 0.200. The minimum Gasteiger partial charge on any atom is -0.280 e. The van der Waals surface area contributed by atoms with Crippen molar-refractivity contribution in [2.24, 2.45) is 0 Å². The molecule has 1 N–H and O–H groups in total. The van der Waals surface area contributed by atoms with Crippen molar-refractivity contribution in [3.05, 3.63) is 75.2 Å².